The first-order chi connectivity index (χ1) is 7.54. The van der Waals surface area contributed by atoms with E-state index in [9.17, 15) is 9.90 Å². The van der Waals surface area contributed by atoms with Gasteiger partial charge in [0.05, 0.1) is 12.1 Å². The van der Waals surface area contributed by atoms with E-state index in [4.69, 9.17) is 0 Å². The van der Waals surface area contributed by atoms with Crippen molar-refractivity contribution in [1.82, 2.24) is 9.78 Å². The average Bonchev–Trinajstić information content (AvgIpc) is 2.52. The molecule has 1 heterocycles. The van der Waals surface area contributed by atoms with Gasteiger partial charge < -0.3 is 5.11 Å². The Bertz CT molecular complexity index is 317. The number of Topliss-reactive ketones (excluding diaryl/α,β-unsaturated/α-hetero) is 1. The van der Waals surface area contributed by atoms with Crippen molar-refractivity contribution in [2.24, 2.45) is 5.41 Å². The SMILES string of the molecule is CC(=O)Cn1cccn1.CC(C)(C)C(C)(C)O. The van der Waals surface area contributed by atoms with Crippen molar-refractivity contribution < 1.29 is 9.90 Å². The fourth-order valence-corrected chi connectivity index (χ4v) is 0.622. The smallest absolute Gasteiger partial charge is 0.151 e. The largest absolute Gasteiger partial charge is 0.390 e. The third-order valence-electron chi connectivity index (χ3n) is 2.78. The molecule has 4 heteroatoms. The molecular formula is C13H24N2O2. The normalized spacial score (nSPS) is 11.7. The standard InChI is InChI=1S/C7H16O.C6H8N2O/c1-6(2,3)7(4,5)8;1-6(9)5-8-4-2-3-7-8/h8H,1-5H3;2-4H,5H2,1H3. The summed E-state index contributed by atoms with van der Waals surface area (Å²) in [5, 5.41) is 13.2. The lowest BCUT2D eigenvalue weighted by Gasteiger charge is -2.33. The van der Waals surface area contributed by atoms with Gasteiger partial charge in [-0.25, -0.2) is 0 Å². The molecule has 0 radical (unpaired) electrons. The highest BCUT2D eigenvalue weighted by Gasteiger charge is 2.29. The first-order valence-electron chi connectivity index (χ1n) is 5.73. The van der Waals surface area contributed by atoms with Gasteiger partial charge in [-0.3, -0.25) is 9.48 Å². The fraction of sp³-hybridized carbons (Fsp3) is 0.692. The van der Waals surface area contributed by atoms with Crippen LogP contribution < -0.4 is 0 Å². The maximum Gasteiger partial charge on any atom is 0.151 e. The predicted molar refractivity (Wildman–Crippen MR) is 68.7 cm³/mol. The van der Waals surface area contributed by atoms with E-state index in [-0.39, 0.29) is 11.2 Å². The lowest BCUT2D eigenvalue weighted by molar-refractivity contribution is -0.117. The van der Waals surface area contributed by atoms with Crippen LogP contribution >= 0.6 is 0 Å². The Balaban J connectivity index is 0.000000304. The van der Waals surface area contributed by atoms with E-state index < -0.39 is 5.60 Å². The number of carbonyl (C=O) groups excluding carboxylic acids is 1. The lowest BCUT2D eigenvalue weighted by atomic mass is 9.79. The number of carbonyl (C=O) groups is 1. The molecule has 0 atom stereocenters. The molecule has 1 aromatic rings. The van der Waals surface area contributed by atoms with Gasteiger partial charge in [-0.2, -0.15) is 5.10 Å². The highest BCUT2D eigenvalue weighted by atomic mass is 16.3. The van der Waals surface area contributed by atoms with Gasteiger partial charge in [0.25, 0.3) is 0 Å². The minimum absolute atomic E-state index is 0.00694. The van der Waals surface area contributed by atoms with Gasteiger partial charge in [0.15, 0.2) is 5.78 Å². The average molecular weight is 240 g/mol. The van der Waals surface area contributed by atoms with Crippen LogP contribution in [-0.4, -0.2) is 26.3 Å². The zero-order valence-electron chi connectivity index (χ0n) is 11.7. The van der Waals surface area contributed by atoms with Crippen LogP contribution in [0.15, 0.2) is 18.5 Å². The number of ketones is 1. The first kappa shape index (κ1) is 15.8. The molecule has 0 bridgehead atoms. The Hall–Kier alpha value is -1.16. The molecule has 0 saturated heterocycles. The zero-order valence-corrected chi connectivity index (χ0v) is 11.7. The highest BCUT2D eigenvalue weighted by molar-refractivity contribution is 5.75. The number of hydrogen-bond donors (Lipinski definition) is 1. The van der Waals surface area contributed by atoms with Gasteiger partial charge in [-0.1, -0.05) is 20.8 Å². The topological polar surface area (TPSA) is 55.1 Å². The van der Waals surface area contributed by atoms with E-state index >= 15 is 0 Å². The van der Waals surface area contributed by atoms with Gasteiger partial charge in [0, 0.05) is 12.4 Å². The number of aromatic nitrogens is 2. The summed E-state index contributed by atoms with van der Waals surface area (Å²) in [6, 6.07) is 1.79. The van der Waals surface area contributed by atoms with E-state index in [1.165, 1.54) is 0 Å². The fourth-order valence-electron chi connectivity index (χ4n) is 0.622. The summed E-state index contributed by atoms with van der Waals surface area (Å²) in [5.74, 6) is 0.124. The summed E-state index contributed by atoms with van der Waals surface area (Å²) in [4.78, 5) is 10.5. The molecule has 0 unspecified atom stereocenters. The molecule has 0 aliphatic rings. The van der Waals surface area contributed by atoms with Gasteiger partial charge in [-0.05, 0) is 32.3 Å². The van der Waals surface area contributed by atoms with Gasteiger partial charge in [0.2, 0.25) is 0 Å². The van der Waals surface area contributed by atoms with E-state index in [0.29, 0.717) is 6.54 Å². The third-order valence-corrected chi connectivity index (χ3v) is 2.78. The predicted octanol–water partition coefficient (Wildman–Crippen LogP) is 2.28. The van der Waals surface area contributed by atoms with E-state index in [1.807, 2.05) is 34.6 Å². The van der Waals surface area contributed by atoms with Crippen LogP contribution in [-0.2, 0) is 11.3 Å². The molecule has 98 valence electrons. The molecule has 4 nitrogen and oxygen atoms in total. The van der Waals surface area contributed by atoms with E-state index in [1.54, 1.807) is 30.1 Å². The van der Waals surface area contributed by atoms with E-state index in [2.05, 4.69) is 5.10 Å². The van der Waals surface area contributed by atoms with Crippen molar-refractivity contribution in [3.8, 4) is 0 Å². The summed E-state index contributed by atoms with van der Waals surface area (Å²) in [7, 11) is 0. The van der Waals surface area contributed by atoms with Gasteiger partial charge >= 0.3 is 0 Å². The minimum atomic E-state index is -0.562. The second-order valence-electron chi connectivity index (χ2n) is 5.71. The molecular weight excluding hydrogens is 216 g/mol. The highest BCUT2D eigenvalue weighted by Crippen LogP contribution is 2.28. The molecule has 0 aliphatic carbocycles. The number of aliphatic hydroxyl groups is 1. The van der Waals surface area contributed by atoms with Crippen molar-refractivity contribution >= 4 is 5.78 Å². The summed E-state index contributed by atoms with van der Waals surface area (Å²) in [5.41, 5.74) is -0.569. The monoisotopic (exact) mass is 240 g/mol. The number of rotatable bonds is 2. The molecule has 0 aromatic carbocycles. The minimum Gasteiger partial charge on any atom is -0.390 e. The summed E-state index contributed by atoms with van der Waals surface area (Å²) >= 11 is 0. The molecule has 1 N–H and O–H groups in total. The Kier molecular flexibility index (Phi) is 5.55. The molecule has 0 fully saturated rings. The molecule has 1 rings (SSSR count). The van der Waals surface area contributed by atoms with Crippen LogP contribution in [0.4, 0.5) is 0 Å². The number of hydrogen-bond acceptors (Lipinski definition) is 3. The Labute approximate surface area is 104 Å². The van der Waals surface area contributed by atoms with Crippen LogP contribution in [0.5, 0.6) is 0 Å². The molecule has 0 saturated carbocycles. The number of nitrogens with zero attached hydrogens (tertiary/aromatic N) is 2. The lowest BCUT2D eigenvalue weighted by Crippen LogP contribution is -2.35. The van der Waals surface area contributed by atoms with Crippen LogP contribution in [0, 0.1) is 5.41 Å². The van der Waals surface area contributed by atoms with E-state index in [0.717, 1.165) is 0 Å². The maximum atomic E-state index is 10.5. The summed E-state index contributed by atoms with van der Waals surface area (Å²) in [6.45, 7) is 11.6. The molecule has 17 heavy (non-hydrogen) atoms. The molecule has 0 aliphatic heterocycles. The van der Waals surface area contributed by atoms with Gasteiger partial charge in [-0.15, -0.1) is 0 Å². The van der Waals surface area contributed by atoms with Crippen molar-refractivity contribution in [3.05, 3.63) is 18.5 Å². The Morgan fingerprint density at radius 2 is 1.76 bits per heavy atom. The van der Waals surface area contributed by atoms with Crippen molar-refractivity contribution in [2.45, 2.75) is 53.7 Å². The molecule has 0 spiro atoms. The second-order valence-corrected chi connectivity index (χ2v) is 5.71. The van der Waals surface area contributed by atoms with Crippen molar-refractivity contribution in [1.29, 1.82) is 0 Å². The summed E-state index contributed by atoms with van der Waals surface area (Å²) < 4.78 is 1.60. The van der Waals surface area contributed by atoms with Crippen molar-refractivity contribution in [2.75, 3.05) is 0 Å². The molecule has 0 amide bonds. The second kappa shape index (κ2) is 5.96. The van der Waals surface area contributed by atoms with Crippen molar-refractivity contribution in [3.63, 3.8) is 0 Å². The third kappa shape index (κ3) is 6.89. The molecule has 1 aromatic heterocycles. The van der Waals surface area contributed by atoms with Gasteiger partial charge in [0.1, 0.15) is 0 Å². The van der Waals surface area contributed by atoms with Crippen LogP contribution in [0.25, 0.3) is 0 Å². The summed E-state index contributed by atoms with van der Waals surface area (Å²) in [6.07, 6.45) is 3.42. The first-order valence-corrected chi connectivity index (χ1v) is 5.73. The van der Waals surface area contributed by atoms with Crippen LogP contribution in [0.3, 0.4) is 0 Å². The maximum absolute atomic E-state index is 10.5. The quantitative estimate of drug-likeness (QED) is 0.862. The Morgan fingerprint density at radius 3 is 2.00 bits per heavy atom. The van der Waals surface area contributed by atoms with Crippen LogP contribution in [0.1, 0.15) is 41.5 Å². The van der Waals surface area contributed by atoms with Crippen LogP contribution in [0.2, 0.25) is 0 Å². The zero-order chi connectivity index (χ0) is 13.7. The Morgan fingerprint density at radius 1 is 1.29 bits per heavy atom.